The smallest absolute Gasteiger partial charge is 0.255 e. The second-order valence-electron chi connectivity index (χ2n) is 6.34. The molecule has 0 spiro atoms. The molecule has 0 bridgehead atoms. The number of rotatable bonds is 4. The molecule has 0 saturated heterocycles. The predicted molar refractivity (Wildman–Crippen MR) is 93.1 cm³/mol. The molecule has 1 aliphatic carbocycles. The van der Waals surface area contributed by atoms with Crippen LogP contribution in [0.4, 0.5) is 11.4 Å². The number of anilines is 2. The molecule has 0 aliphatic heterocycles. The van der Waals surface area contributed by atoms with E-state index in [-0.39, 0.29) is 23.5 Å². The fraction of sp³-hybridized carbons (Fsp3) is 0.263. The lowest BCUT2D eigenvalue weighted by atomic mass is 10.1. The van der Waals surface area contributed by atoms with Crippen LogP contribution < -0.4 is 10.6 Å². The van der Waals surface area contributed by atoms with Gasteiger partial charge in [0.05, 0.1) is 0 Å². The first kappa shape index (κ1) is 16.1. The van der Waals surface area contributed by atoms with Gasteiger partial charge >= 0.3 is 0 Å². The molecule has 0 radical (unpaired) electrons. The molecule has 2 aromatic carbocycles. The van der Waals surface area contributed by atoms with Gasteiger partial charge in [0.2, 0.25) is 5.91 Å². The summed E-state index contributed by atoms with van der Waals surface area (Å²) in [5.74, 6) is 0.477. The van der Waals surface area contributed by atoms with E-state index in [4.69, 9.17) is 0 Å². The number of amides is 2. The van der Waals surface area contributed by atoms with Gasteiger partial charge in [-0.25, -0.2) is 0 Å². The third-order valence-corrected chi connectivity index (χ3v) is 4.33. The van der Waals surface area contributed by atoms with Crippen molar-refractivity contribution in [1.29, 1.82) is 0 Å². The summed E-state index contributed by atoms with van der Waals surface area (Å²) in [6.07, 6.45) is 0.940. The van der Waals surface area contributed by atoms with Crippen molar-refractivity contribution in [2.24, 2.45) is 11.8 Å². The summed E-state index contributed by atoms with van der Waals surface area (Å²) in [5, 5.41) is 15.3. The fourth-order valence-corrected chi connectivity index (χ4v) is 2.52. The van der Waals surface area contributed by atoms with E-state index in [2.05, 4.69) is 17.6 Å². The van der Waals surface area contributed by atoms with Crippen LogP contribution in [0.2, 0.25) is 0 Å². The molecular formula is C19H20N2O3. The van der Waals surface area contributed by atoms with E-state index in [0.29, 0.717) is 22.9 Å². The van der Waals surface area contributed by atoms with Crippen molar-refractivity contribution in [3.8, 4) is 5.75 Å². The first-order valence-electron chi connectivity index (χ1n) is 7.96. The quantitative estimate of drug-likeness (QED) is 0.805. The monoisotopic (exact) mass is 324 g/mol. The van der Waals surface area contributed by atoms with Gasteiger partial charge in [0, 0.05) is 28.9 Å². The van der Waals surface area contributed by atoms with Gasteiger partial charge in [-0.2, -0.15) is 0 Å². The Morgan fingerprint density at radius 3 is 2.25 bits per heavy atom. The number of aromatic hydroxyl groups is 1. The Hall–Kier alpha value is -2.82. The minimum absolute atomic E-state index is 0.0369. The normalized spacial score (nSPS) is 18.8. The van der Waals surface area contributed by atoms with Crippen LogP contribution in [-0.4, -0.2) is 16.9 Å². The Morgan fingerprint density at radius 2 is 1.67 bits per heavy atom. The number of hydrogen-bond donors (Lipinski definition) is 3. The zero-order valence-electron chi connectivity index (χ0n) is 13.7. The zero-order chi connectivity index (χ0) is 17.3. The van der Waals surface area contributed by atoms with Crippen LogP contribution in [-0.2, 0) is 4.79 Å². The maximum absolute atomic E-state index is 12.2. The molecule has 2 aromatic rings. The van der Waals surface area contributed by atoms with Gasteiger partial charge in [-0.1, -0.05) is 13.0 Å². The highest BCUT2D eigenvalue weighted by Gasteiger charge is 2.39. The standard InChI is InChI=1S/C19H20N2O3/c1-11-3-6-15(10-17(11)22)21-18(23)13-4-7-14(8-5-13)20-19(24)16-9-12(16)2/h3-8,10,12,16,22H,9H2,1-2H3,(H,20,24)(H,21,23). The maximum Gasteiger partial charge on any atom is 0.255 e. The summed E-state index contributed by atoms with van der Waals surface area (Å²) >= 11 is 0. The Morgan fingerprint density at radius 1 is 1.04 bits per heavy atom. The number of carbonyl (C=O) groups is 2. The first-order valence-corrected chi connectivity index (χ1v) is 7.96. The zero-order valence-corrected chi connectivity index (χ0v) is 13.7. The number of phenols is 1. The van der Waals surface area contributed by atoms with E-state index < -0.39 is 0 Å². The molecule has 24 heavy (non-hydrogen) atoms. The minimum atomic E-state index is -0.271. The first-order chi connectivity index (χ1) is 11.4. The molecule has 3 N–H and O–H groups in total. The Balaban J connectivity index is 1.63. The average molecular weight is 324 g/mol. The van der Waals surface area contributed by atoms with Gasteiger partial charge in [0.15, 0.2) is 0 Å². The number of nitrogens with one attached hydrogen (secondary N) is 2. The van der Waals surface area contributed by atoms with E-state index in [9.17, 15) is 14.7 Å². The molecule has 5 heteroatoms. The molecule has 3 rings (SSSR count). The number of aryl methyl sites for hydroxylation is 1. The van der Waals surface area contributed by atoms with Crippen molar-refractivity contribution < 1.29 is 14.7 Å². The van der Waals surface area contributed by atoms with Crippen LogP contribution in [0.5, 0.6) is 5.75 Å². The molecule has 2 atom stereocenters. The SMILES string of the molecule is Cc1ccc(NC(=O)c2ccc(NC(=O)C3CC3C)cc2)cc1O. The van der Waals surface area contributed by atoms with E-state index in [1.165, 1.54) is 6.07 Å². The minimum Gasteiger partial charge on any atom is -0.508 e. The summed E-state index contributed by atoms with van der Waals surface area (Å²) in [6, 6.07) is 11.7. The number of benzene rings is 2. The van der Waals surface area contributed by atoms with Crippen molar-refractivity contribution >= 4 is 23.2 Å². The van der Waals surface area contributed by atoms with Crippen molar-refractivity contribution in [3.63, 3.8) is 0 Å². The lowest BCUT2D eigenvalue weighted by Gasteiger charge is -2.08. The fourth-order valence-electron chi connectivity index (χ4n) is 2.52. The van der Waals surface area contributed by atoms with Crippen LogP contribution in [0.3, 0.4) is 0 Å². The van der Waals surface area contributed by atoms with Crippen LogP contribution >= 0.6 is 0 Å². The Kier molecular flexibility index (Phi) is 4.25. The topological polar surface area (TPSA) is 78.4 Å². The van der Waals surface area contributed by atoms with Crippen LogP contribution in [0.15, 0.2) is 42.5 Å². The highest BCUT2D eigenvalue weighted by Crippen LogP contribution is 2.38. The molecule has 2 amide bonds. The predicted octanol–water partition coefficient (Wildman–Crippen LogP) is 3.55. The van der Waals surface area contributed by atoms with Crippen LogP contribution in [0, 0.1) is 18.8 Å². The summed E-state index contributed by atoms with van der Waals surface area (Å²) in [4.78, 5) is 24.1. The molecule has 0 heterocycles. The summed E-state index contributed by atoms with van der Waals surface area (Å²) in [5.41, 5.74) is 2.44. The Bertz CT molecular complexity index is 784. The Labute approximate surface area is 140 Å². The van der Waals surface area contributed by atoms with E-state index in [1.54, 1.807) is 43.3 Å². The molecular weight excluding hydrogens is 304 g/mol. The highest BCUT2D eigenvalue weighted by molar-refractivity contribution is 6.04. The molecule has 1 aliphatic rings. The molecule has 5 nitrogen and oxygen atoms in total. The molecule has 0 aromatic heterocycles. The van der Waals surface area contributed by atoms with E-state index in [0.717, 1.165) is 12.0 Å². The van der Waals surface area contributed by atoms with Crippen molar-refractivity contribution in [2.45, 2.75) is 20.3 Å². The van der Waals surface area contributed by atoms with Gasteiger partial charge in [-0.3, -0.25) is 9.59 Å². The largest absolute Gasteiger partial charge is 0.508 e. The van der Waals surface area contributed by atoms with Crippen LogP contribution in [0.25, 0.3) is 0 Å². The van der Waals surface area contributed by atoms with Crippen LogP contribution in [0.1, 0.15) is 29.3 Å². The summed E-state index contributed by atoms with van der Waals surface area (Å²) in [7, 11) is 0. The van der Waals surface area contributed by atoms with Gasteiger partial charge in [0.1, 0.15) is 5.75 Å². The van der Waals surface area contributed by atoms with E-state index in [1.807, 2.05) is 0 Å². The van der Waals surface area contributed by atoms with Crippen molar-refractivity contribution in [2.75, 3.05) is 10.6 Å². The van der Waals surface area contributed by atoms with Crippen molar-refractivity contribution in [3.05, 3.63) is 53.6 Å². The number of phenolic OH excluding ortho intramolecular Hbond substituents is 1. The lowest BCUT2D eigenvalue weighted by Crippen LogP contribution is -2.15. The molecule has 1 saturated carbocycles. The molecule has 1 fully saturated rings. The number of carbonyl (C=O) groups excluding carboxylic acids is 2. The number of hydrogen-bond acceptors (Lipinski definition) is 3. The average Bonchev–Trinajstić information content (AvgIpc) is 3.29. The van der Waals surface area contributed by atoms with Gasteiger partial charge in [0.25, 0.3) is 5.91 Å². The van der Waals surface area contributed by atoms with Gasteiger partial charge in [-0.15, -0.1) is 0 Å². The highest BCUT2D eigenvalue weighted by atomic mass is 16.3. The summed E-state index contributed by atoms with van der Waals surface area (Å²) in [6.45, 7) is 3.84. The molecule has 2 unspecified atom stereocenters. The van der Waals surface area contributed by atoms with Crippen molar-refractivity contribution in [1.82, 2.24) is 0 Å². The van der Waals surface area contributed by atoms with Gasteiger partial charge < -0.3 is 15.7 Å². The third kappa shape index (κ3) is 3.56. The third-order valence-electron chi connectivity index (χ3n) is 4.33. The van der Waals surface area contributed by atoms with E-state index >= 15 is 0 Å². The second-order valence-corrected chi connectivity index (χ2v) is 6.34. The maximum atomic E-state index is 12.2. The summed E-state index contributed by atoms with van der Waals surface area (Å²) < 4.78 is 0. The molecule has 124 valence electrons. The van der Waals surface area contributed by atoms with Gasteiger partial charge in [-0.05, 0) is 55.2 Å². The lowest BCUT2D eigenvalue weighted by molar-refractivity contribution is -0.117. The second kappa shape index (κ2) is 6.35.